The number of anilines is 1. The SMILES string of the molecule is Cc1ccccc1[C@@H]1C=C(c2ccccc2)OC(c2ccccc2)=C1/C=N\Nc1nc2ccccc2s1. The molecule has 0 amide bonds. The van der Waals surface area contributed by atoms with E-state index in [1.54, 1.807) is 11.3 Å². The summed E-state index contributed by atoms with van der Waals surface area (Å²) in [5, 5.41) is 5.40. The van der Waals surface area contributed by atoms with Crippen molar-refractivity contribution in [2.75, 3.05) is 5.43 Å². The number of benzene rings is 4. The van der Waals surface area contributed by atoms with Gasteiger partial charge in [-0.3, -0.25) is 5.43 Å². The fourth-order valence-electron chi connectivity index (χ4n) is 4.57. The highest BCUT2D eigenvalue weighted by Gasteiger charge is 2.28. The summed E-state index contributed by atoms with van der Waals surface area (Å²) in [7, 11) is 0. The number of fused-ring (bicyclic) bond motifs is 1. The predicted octanol–water partition coefficient (Wildman–Crippen LogP) is 8.27. The van der Waals surface area contributed by atoms with E-state index >= 15 is 0 Å². The fourth-order valence-corrected chi connectivity index (χ4v) is 5.38. The molecule has 180 valence electrons. The molecule has 0 fully saturated rings. The predicted molar refractivity (Wildman–Crippen MR) is 155 cm³/mol. The molecule has 1 aliphatic heterocycles. The minimum Gasteiger partial charge on any atom is -0.456 e. The molecule has 1 aromatic heterocycles. The number of nitrogens with one attached hydrogen (secondary N) is 1. The second kappa shape index (κ2) is 10.2. The molecule has 1 aliphatic rings. The van der Waals surface area contributed by atoms with Gasteiger partial charge in [0.15, 0.2) is 0 Å². The van der Waals surface area contributed by atoms with E-state index in [9.17, 15) is 0 Å². The molecule has 4 aromatic carbocycles. The number of aryl methyl sites for hydroxylation is 1. The van der Waals surface area contributed by atoms with Gasteiger partial charge in [-0.25, -0.2) is 4.98 Å². The molecule has 0 saturated carbocycles. The maximum absolute atomic E-state index is 6.62. The molecule has 0 aliphatic carbocycles. The summed E-state index contributed by atoms with van der Waals surface area (Å²) < 4.78 is 7.75. The van der Waals surface area contributed by atoms with Gasteiger partial charge in [-0.15, -0.1) is 0 Å². The molecular formula is C32H25N3OS. The van der Waals surface area contributed by atoms with Crippen LogP contribution in [0.15, 0.2) is 126 Å². The number of nitrogens with zero attached hydrogens (tertiary/aromatic N) is 2. The molecule has 37 heavy (non-hydrogen) atoms. The van der Waals surface area contributed by atoms with Crippen LogP contribution in [0.3, 0.4) is 0 Å². The zero-order valence-corrected chi connectivity index (χ0v) is 21.2. The van der Waals surface area contributed by atoms with Gasteiger partial charge in [-0.1, -0.05) is 108 Å². The van der Waals surface area contributed by atoms with E-state index < -0.39 is 0 Å². The smallest absolute Gasteiger partial charge is 0.204 e. The summed E-state index contributed by atoms with van der Waals surface area (Å²) in [6, 6.07) is 37.1. The molecule has 6 rings (SSSR count). The van der Waals surface area contributed by atoms with Crippen molar-refractivity contribution < 1.29 is 4.74 Å². The van der Waals surface area contributed by atoms with E-state index in [2.05, 4.69) is 83.1 Å². The third-order valence-electron chi connectivity index (χ3n) is 6.40. The first-order valence-electron chi connectivity index (χ1n) is 12.2. The lowest BCUT2D eigenvalue weighted by Crippen LogP contribution is -2.14. The van der Waals surface area contributed by atoms with Crippen LogP contribution in [0.4, 0.5) is 5.13 Å². The van der Waals surface area contributed by atoms with Crippen molar-refractivity contribution in [2.24, 2.45) is 5.10 Å². The van der Waals surface area contributed by atoms with Crippen LogP contribution in [-0.4, -0.2) is 11.2 Å². The van der Waals surface area contributed by atoms with Crippen LogP contribution < -0.4 is 5.43 Å². The summed E-state index contributed by atoms with van der Waals surface area (Å²) in [6.45, 7) is 2.15. The normalized spacial score (nSPS) is 15.6. The summed E-state index contributed by atoms with van der Waals surface area (Å²) >= 11 is 1.58. The Bertz CT molecular complexity index is 1600. The summed E-state index contributed by atoms with van der Waals surface area (Å²) in [6.07, 6.45) is 4.08. The Morgan fingerprint density at radius 2 is 1.49 bits per heavy atom. The maximum Gasteiger partial charge on any atom is 0.204 e. The molecule has 1 N–H and O–H groups in total. The van der Waals surface area contributed by atoms with E-state index in [0.717, 1.165) is 43.6 Å². The number of rotatable bonds is 6. The zero-order valence-electron chi connectivity index (χ0n) is 20.3. The van der Waals surface area contributed by atoms with Crippen molar-refractivity contribution in [3.63, 3.8) is 0 Å². The van der Waals surface area contributed by atoms with Crippen LogP contribution in [0.1, 0.15) is 28.2 Å². The third kappa shape index (κ3) is 4.82. The van der Waals surface area contributed by atoms with Crippen LogP contribution in [0.5, 0.6) is 0 Å². The summed E-state index contributed by atoms with van der Waals surface area (Å²) in [5.41, 5.74) is 9.57. The van der Waals surface area contributed by atoms with Crippen molar-refractivity contribution >= 4 is 44.4 Å². The zero-order chi connectivity index (χ0) is 25.0. The number of hydrogen-bond donors (Lipinski definition) is 1. The van der Waals surface area contributed by atoms with Gasteiger partial charge < -0.3 is 4.74 Å². The summed E-state index contributed by atoms with van der Waals surface area (Å²) in [4.78, 5) is 4.65. The van der Waals surface area contributed by atoms with Crippen molar-refractivity contribution in [2.45, 2.75) is 12.8 Å². The molecule has 5 heteroatoms. The highest BCUT2D eigenvalue weighted by atomic mass is 32.1. The second-order valence-corrected chi connectivity index (χ2v) is 9.87. The minimum atomic E-state index is -0.0405. The van der Waals surface area contributed by atoms with Gasteiger partial charge in [0.05, 0.1) is 16.4 Å². The first kappa shape index (κ1) is 23.0. The van der Waals surface area contributed by atoms with Crippen molar-refractivity contribution in [3.8, 4) is 0 Å². The number of hydrazone groups is 1. The molecule has 1 atom stereocenters. The van der Waals surface area contributed by atoms with E-state index in [1.807, 2.05) is 60.8 Å². The quantitative estimate of drug-likeness (QED) is 0.189. The van der Waals surface area contributed by atoms with Gasteiger partial charge in [0, 0.05) is 22.6 Å². The van der Waals surface area contributed by atoms with Crippen molar-refractivity contribution in [1.82, 2.24) is 4.98 Å². The average Bonchev–Trinajstić information content (AvgIpc) is 3.37. The second-order valence-electron chi connectivity index (χ2n) is 8.84. The van der Waals surface area contributed by atoms with Crippen LogP contribution in [0, 0.1) is 6.92 Å². The standard InChI is InChI=1S/C32H25N3OS/c1-22-12-8-9-17-25(22)26-20-29(23-13-4-2-5-14-23)36-31(24-15-6-3-7-16-24)27(26)21-33-35-32-34-28-18-10-11-19-30(28)37-32/h2-21,26H,1H3,(H,34,35)/b33-21-/t26-/m0/s1. The Morgan fingerprint density at radius 1 is 0.811 bits per heavy atom. The monoisotopic (exact) mass is 499 g/mol. The van der Waals surface area contributed by atoms with Gasteiger partial charge >= 0.3 is 0 Å². The largest absolute Gasteiger partial charge is 0.456 e. The molecule has 0 spiro atoms. The molecular weight excluding hydrogens is 474 g/mol. The Morgan fingerprint density at radius 3 is 2.24 bits per heavy atom. The number of allylic oxidation sites excluding steroid dienone is 2. The number of thiazole rings is 1. The van der Waals surface area contributed by atoms with Gasteiger partial charge in [0.1, 0.15) is 11.5 Å². The minimum absolute atomic E-state index is 0.0405. The highest BCUT2D eigenvalue weighted by Crippen LogP contribution is 2.41. The number of ether oxygens (including phenoxy) is 1. The first-order chi connectivity index (χ1) is 18.3. The van der Waals surface area contributed by atoms with Crippen LogP contribution in [-0.2, 0) is 4.74 Å². The van der Waals surface area contributed by atoms with E-state index in [-0.39, 0.29) is 5.92 Å². The van der Waals surface area contributed by atoms with E-state index in [4.69, 9.17) is 4.74 Å². The van der Waals surface area contributed by atoms with Crippen LogP contribution in [0.25, 0.3) is 21.7 Å². The van der Waals surface area contributed by atoms with Crippen LogP contribution in [0.2, 0.25) is 0 Å². The molecule has 2 heterocycles. The lowest BCUT2D eigenvalue weighted by Gasteiger charge is -2.28. The number of hydrogen-bond acceptors (Lipinski definition) is 5. The molecule has 4 nitrogen and oxygen atoms in total. The van der Waals surface area contributed by atoms with Crippen molar-refractivity contribution in [1.29, 1.82) is 0 Å². The van der Waals surface area contributed by atoms with Crippen molar-refractivity contribution in [3.05, 3.63) is 143 Å². The van der Waals surface area contributed by atoms with Gasteiger partial charge in [-0.05, 0) is 36.3 Å². The summed E-state index contributed by atoms with van der Waals surface area (Å²) in [5.74, 6) is 1.59. The van der Waals surface area contributed by atoms with Crippen LogP contribution >= 0.6 is 11.3 Å². The Kier molecular flexibility index (Phi) is 6.36. The topological polar surface area (TPSA) is 46.5 Å². The Balaban J connectivity index is 1.45. The third-order valence-corrected chi connectivity index (χ3v) is 7.34. The average molecular weight is 500 g/mol. The fraction of sp³-hybridized carbons (Fsp3) is 0.0625. The Hall–Kier alpha value is -4.48. The molecule has 0 unspecified atom stereocenters. The van der Waals surface area contributed by atoms with Gasteiger partial charge in [0.25, 0.3) is 0 Å². The lowest BCUT2D eigenvalue weighted by molar-refractivity contribution is 0.456. The first-order valence-corrected chi connectivity index (χ1v) is 13.0. The Labute approximate surface area is 220 Å². The lowest BCUT2D eigenvalue weighted by atomic mass is 9.84. The molecule has 0 saturated heterocycles. The molecule has 0 bridgehead atoms. The van der Waals surface area contributed by atoms with E-state index in [1.165, 1.54) is 11.1 Å². The maximum atomic E-state index is 6.62. The number of aromatic nitrogens is 1. The molecule has 0 radical (unpaired) electrons. The van der Waals surface area contributed by atoms with E-state index in [0.29, 0.717) is 0 Å². The molecule has 5 aromatic rings. The van der Waals surface area contributed by atoms with Gasteiger partial charge in [0.2, 0.25) is 5.13 Å². The highest BCUT2D eigenvalue weighted by molar-refractivity contribution is 7.22. The van der Waals surface area contributed by atoms with Gasteiger partial charge in [-0.2, -0.15) is 5.10 Å². The number of para-hydroxylation sites is 1.